The van der Waals surface area contributed by atoms with Gasteiger partial charge < -0.3 is 5.32 Å². The predicted octanol–water partition coefficient (Wildman–Crippen LogP) is 5.22. The molecule has 0 aliphatic carbocycles. The highest BCUT2D eigenvalue weighted by Crippen LogP contribution is 2.42. The second kappa shape index (κ2) is 8.26. The Morgan fingerprint density at radius 2 is 1.38 bits per heavy atom. The molecule has 0 spiro atoms. The Hall–Kier alpha value is -1.25. The molecular weight excluding hydrogens is 274 g/mol. The second-order valence-electron chi connectivity index (χ2n) is 5.46. The van der Waals surface area contributed by atoms with E-state index < -0.39 is 0 Å². The topological polar surface area (TPSA) is 12.0 Å². The third-order valence-electron chi connectivity index (χ3n) is 3.43. The summed E-state index contributed by atoms with van der Waals surface area (Å²) in [5.74, 6) is 0. The number of thioether (sulfide) groups is 1. The molecule has 0 radical (unpaired) electrons. The van der Waals surface area contributed by atoms with E-state index >= 15 is 0 Å². The van der Waals surface area contributed by atoms with E-state index in [1.807, 2.05) is 11.8 Å². The van der Waals surface area contributed by atoms with E-state index in [0.29, 0.717) is 16.5 Å². The van der Waals surface area contributed by atoms with E-state index in [9.17, 15) is 0 Å². The fourth-order valence-electron chi connectivity index (χ4n) is 2.57. The number of hydrogen-bond donors (Lipinski definition) is 1. The maximum Gasteiger partial charge on any atom is 0.0494 e. The van der Waals surface area contributed by atoms with Gasteiger partial charge >= 0.3 is 0 Å². The highest BCUT2D eigenvalue weighted by Gasteiger charge is 2.25. The lowest BCUT2D eigenvalue weighted by Crippen LogP contribution is -2.26. The Morgan fingerprint density at radius 1 is 0.857 bits per heavy atom. The fraction of sp³-hybridized carbons (Fsp3) is 0.368. The minimum absolute atomic E-state index is 0.339. The van der Waals surface area contributed by atoms with Gasteiger partial charge in [0, 0.05) is 11.3 Å². The van der Waals surface area contributed by atoms with E-state index in [1.165, 1.54) is 11.1 Å². The zero-order chi connectivity index (χ0) is 15.1. The molecule has 0 saturated carbocycles. The molecule has 0 amide bonds. The first-order valence-corrected chi connectivity index (χ1v) is 8.65. The van der Waals surface area contributed by atoms with Gasteiger partial charge in [0.1, 0.15) is 0 Å². The van der Waals surface area contributed by atoms with Crippen LogP contribution in [0.5, 0.6) is 0 Å². The van der Waals surface area contributed by atoms with E-state index in [0.717, 1.165) is 6.54 Å². The lowest BCUT2D eigenvalue weighted by molar-refractivity contribution is 0.540. The van der Waals surface area contributed by atoms with Crippen molar-refractivity contribution < 1.29 is 0 Å². The van der Waals surface area contributed by atoms with Crippen LogP contribution < -0.4 is 5.32 Å². The Balaban J connectivity index is 2.36. The number of nitrogens with one attached hydrogen (secondary N) is 1. The molecule has 1 N–H and O–H groups in total. The Kier molecular flexibility index (Phi) is 6.34. The van der Waals surface area contributed by atoms with Crippen LogP contribution in [0.3, 0.4) is 0 Å². The first kappa shape index (κ1) is 16.1. The van der Waals surface area contributed by atoms with Crippen molar-refractivity contribution in [2.45, 2.75) is 37.3 Å². The van der Waals surface area contributed by atoms with Gasteiger partial charge in [-0.2, -0.15) is 0 Å². The summed E-state index contributed by atoms with van der Waals surface area (Å²) in [5, 5.41) is 4.70. The monoisotopic (exact) mass is 299 g/mol. The van der Waals surface area contributed by atoms with Crippen molar-refractivity contribution in [3.63, 3.8) is 0 Å². The van der Waals surface area contributed by atoms with Crippen LogP contribution >= 0.6 is 11.8 Å². The van der Waals surface area contributed by atoms with Crippen molar-refractivity contribution in [1.82, 2.24) is 5.32 Å². The van der Waals surface area contributed by atoms with Crippen LogP contribution in [-0.4, -0.2) is 11.8 Å². The molecule has 2 aromatic rings. The zero-order valence-electron chi connectivity index (χ0n) is 13.1. The molecule has 0 heterocycles. The van der Waals surface area contributed by atoms with Crippen molar-refractivity contribution in [3.8, 4) is 0 Å². The predicted molar refractivity (Wildman–Crippen MR) is 94.8 cm³/mol. The molecule has 0 bridgehead atoms. The third-order valence-corrected chi connectivity index (χ3v) is 4.81. The largest absolute Gasteiger partial charge is 0.309 e. The molecular formula is C19H25NS. The number of benzene rings is 2. The van der Waals surface area contributed by atoms with Gasteiger partial charge in [-0.3, -0.25) is 0 Å². The fourth-order valence-corrected chi connectivity index (χ4v) is 3.88. The molecule has 2 heteroatoms. The van der Waals surface area contributed by atoms with Crippen molar-refractivity contribution in [3.05, 3.63) is 71.8 Å². The van der Waals surface area contributed by atoms with Gasteiger partial charge in [-0.15, -0.1) is 11.8 Å². The summed E-state index contributed by atoms with van der Waals surface area (Å²) in [6, 6.07) is 22.0. The Morgan fingerprint density at radius 3 is 1.86 bits per heavy atom. The highest BCUT2D eigenvalue weighted by molar-refractivity contribution is 8.00. The molecule has 21 heavy (non-hydrogen) atoms. The summed E-state index contributed by atoms with van der Waals surface area (Å²) in [5.41, 5.74) is 2.76. The van der Waals surface area contributed by atoms with Crippen LogP contribution in [-0.2, 0) is 0 Å². The van der Waals surface area contributed by atoms with Crippen LogP contribution in [0.25, 0.3) is 0 Å². The van der Waals surface area contributed by atoms with Crippen molar-refractivity contribution >= 4 is 11.8 Å². The second-order valence-corrected chi connectivity index (χ2v) is 7.18. The van der Waals surface area contributed by atoms with Gasteiger partial charge in [0.15, 0.2) is 0 Å². The summed E-state index contributed by atoms with van der Waals surface area (Å²) >= 11 is 2.03. The Bertz CT molecular complexity index is 510. The molecule has 0 aliphatic rings. The average molecular weight is 299 g/mol. The first-order valence-electron chi connectivity index (χ1n) is 7.71. The number of hydrogen-bond acceptors (Lipinski definition) is 2. The quantitative estimate of drug-likeness (QED) is 0.752. The van der Waals surface area contributed by atoms with Gasteiger partial charge in [0.05, 0.1) is 0 Å². The van der Waals surface area contributed by atoms with Crippen LogP contribution in [0.4, 0.5) is 0 Å². The summed E-state index contributed by atoms with van der Waals surface area (Å²) in [7, 11) is 0. The molecule has 2 atom stereocenters. The summed E-state index contributed by atoms with van der Waals surface area (Å²) in [6.45, 7) is 7.70. The van der Waals surface area contributed by atoms with Crippen LogP contribution in [0.2, 0.25) is 0 Å². The molecule has 2 rings (SSSR count). The van der Waals surface area contributed by atoms with Gasteiger partial charge in [0.2, 0.25) is 0 Å². The van der Waals surface area contributed by atoms with Crippen LogP contribution in [0.1, 0.15) is 43.2 Å². The van der Waals surface area contributed by atoms with Gasteiger partial charge in [-0.25, -0.2) is 0 Å². The van der Waals surface area contributed by atoms with Crippen molar-refractivity contribution in [1.29, 1.82) is 0 Å². The molecule has 112 valence electrons. The first-order chi connectivity index (χ1) is 10.2. The molecule has 1 nitrogen and oxygen atoms in total. The molecule has 2 aromatic carbocycles. The van der Waals surface area contributed by atoms with Crippen LogP contribution in [0, 0.1) is 0 Å². The van der Waals surface area contributed by atoms with Gasteiger partial charge in [-0.1, -0.05) is 81.4 Å². The van der Waals surface area contributed by atoms with Crippen LogP contribution in [0.15, 0.2) is 60.7 Å². The maximum absolute atomic E-state index is 3.68. The smallest absolute Gasteiger partial charge is 0.0494 e. The van der Waals surface area contributed by atoms with E-state index in [-0.39, 0.29) is 0 Å². The van der Waals surface area contributed by atoms with Crippen molar-refractivity contribution in [2.24, 2.45) is 0 Å². The van der Waals surface area contributed by atoms with E-state index in [1.54, 1.807) is 0 Å². The Labute approximate surface area is 133 Å². The highest BCUT2D eigenvalue weighted by atomic mass is 32.2. The standard InChI is InChI=1S/C19H25NS/c1-4-20-18(16-11-7-5-8-12-16)19(21-15(2)3)17-13-9-6-10-14-17/h5-15,18-20H,4H2,1-3H3. The average Bonchev–Trinajstić information content (AvgIpc) is 2.52. The third kappa shape index (κ3) is 4.62. The van der Waals surface area contributed by atoms with Crippen molar-refractivity contribution in [2.75, 3.05) is 6.54 Å². The summed E-state index contributed by atoms with van der Waals surface area (Å²) in [4.78, 5) is 0. The minimum atomic E-state index is 0.339. The number of rotatable bonds is 7. The zero-order valence-corrected chi connectivity index (χ0v) is 13.9. The minimum Gasteiger partial charge on any atom is -0.309 e. The van der Waals surface area contributed by atoms with Gasteiger partial charge in [-0.05, 0) is 22.9 Å². The SMILES string of the molecule is CCNC(c1ccccc1)C(SC(C)C)c1ccccc1. The van der Waals surface area contributed by atoms with E-state index in [2.05, 4.69) is 86.8 Å². The lowest BCUT2D eigenvalue weighted by atomic mass is 9.98. The maximum atomic E-state index is 3.68. The lowest BCUT2D eigenvalue weighted by Gasteiger charge is -2.29. The molecule has 2 unspecified atom stereocenters. The normalized spacial score (nSPS) is 14.1. The van der Waals surface area contributed by atoms with E-state index in [4.69, 9.17) is 0 Å². The molecule has 0 saturated heterocycles. The molecule has 0 aliphatic heterocycles. The van der Waals surface area contributed by atoms with Gasteiger partial charge in [0.25, 0.3) is 0 Å². The summed E-state index contributed by atoms with van der Waals surface area (Å²) in [6.07, 6.45) is 0. The number of likely N-dealkylation sites (N-methyl/N-ethyl adjacent to an activating group) is 1. The molecule has 0 fully saturated rings. The molecule has 0 aromatic heterocycles. The summed E-state index contributed by atoms with van der Waals surface area (Å²) < 4.78 is 0.